The van der Waals surface area contributed by atoms with Gasteiger partial charge in [0.2, 0.25) is 5.95 Å². The summed E-state index contributed by atoms with van der Waals surface area (Å²) >= 11 is 1.50. The monoisotopic (exact) mass is 435 g/mol. The first kappa shape index (κ1) is 20.3. The highest BCUT2D eigenvalue weighted by Crippen LogP contribution is 2.42. The Kier molecular flexibility index (Phi) is 5.63. The van der Waals surface area contributed by atoms with Crippen molar-refractivity contribution in [3.63, 3.8) is 0 Å². The van der Waals surface area contributed by atoms with Gasteiger partial charge in [-0.05, 0) is 37.8 Å². The molecule has 4 N–H and O–H groups in total. The van der Waals surface area contributed by atoms with E-state index in [0.29, 0.717) is 22.7 Å². The number of nitrogens with two attached hydrogens (primary N) is 1. The van der Waals surface area contributed by atoms with Crippen LogP contribution in [0.1, 0.15) is 18.4 Å². The predicted molar refractivity (Wildman–Crippen MR) is 110 cm³/mol. The van der Waals surface area contributed by atoms with Gasteiger partial charge in [0.25, 0.3) is 0 Å². The van der Waals surface area contributed by atoms with E-state index < -0.39 is 13.9 Å². The molecule has 0 bridgehead atoms. The Hall–Kier alpha value is -1.97. The van der Waals surface area contributed by atoms with E-state index in [1.807, 2.05) is 35.8 Å². The molecule has 2 aromatic heterocycles. The summed E-state index contributed by atoms with van der Waals surface area (Å²) in [6, 6.07) is 8.16. The average Bonchev–Trinajstić information content (AvgIpc) is 3.29. The van der Waals surface area contributed by atoms with Crippen LogP contribution >= 0.6 is 19.4 Å². The second-order valence-electron chi connectivity index (χ2n) is 7.20. The first-order valence-electron chi connectivity index (χ1n) is 9.17. The van der Waals surface area contributed by atoms with Gasteiger partial charge in [0, 0.05) is 11.4 Å². The molecular weight excluding hydrogens is 413 g/mol. The van der Waals surface area contributed by atoms with Crippen molar-refractivity contribution in [3.8, 4) is 0 Å². The summed E-state index contributed by atoms with van der Waals surface area (Å²) in [7, 11) is -4.12. The zero-order valence-corrected chi connectivity index (χ0v) is 17.5. The summed E-state index contributed by atoms with van der Waals surface area (Å²) in [6.45, 7) is 2.71. The van der Waals surface area contributed by atoms with Crippen LogP contribution in [0, 0.1) is 12.8 Å². The zero-order valence-electron chi connectivity index (χ0n) is 15.8. The zero-order chi connectivity index (χ0) is 20.6. The van der Waals surface area contributed by atoms with E-state index in [2.05, 4.69) is 15.0 Å². The third-order valence-corrected chi connectivity index (χ3v) is 6.21. The second kappa shape index (κ2) is 8.04. The van der Waals surface area contributed by atoms with Gasteiger partial charge < -0.3 is 24.8 Å². The van der Waals surface area contributed by atoms with Gasteiger partial charge >= 0.3 is 7.60 Å². The van der Waals surface area contributed by atoms with Crippen LogP contribution in [0.4, 0.5) is 5.95 Å². The van der Waals surface area contributed by atoms with Gasteiger partial charge in [-0.3, -0.25) is 4.57 Å². The van der Waals surface area contributed by atoms with Crippen LogP contribution in [-0.4, -0.2) is 41.8 Å². The van der Waals surface area contributed by atoms with Gasteiger partial charge in [0.1, 0.15) is 16.9 Å². The number of hydrogen-bond acceptors (Lipinski definition) is 7. The summed E-state index contributed by atoms with van der Waals surface area (Å²) < 4.78 is 18.1. The van der Waals surface area contributed by atoms with Crippen molar-refractivity contribution in [2.24, 2.45) is 5.92 Å². The molecule has 0 saturated heterocycles. The van der Waals surface area contributed by atoms with E-state index >= 15 is 0 Å². The van der Waals surface area contributed by atoms with Crippen molar-refractivity contribution in [1.82, 2.24) is 19.5 Å². The summed E-state index contributed by atoms with van der Waals surface area (Å²) in [4.78, 5) is 32.0. The number of aromatic nitrogens is 4. The molecule has 29 heavy (non-hydrogen) atoms. The molecule has 3 aromatic rings. The first-order chi connectivity index (χ1) is 13.8. The number of benzene rings is 1. The highest BCUT2D eigenvalue weighted by atomic mass is 32.2. The van der Waals surface area contributed by atoms with Crippen molar-refractivity contribution in [2.75, 3.05) is 12.1 Å². The Bertz CT molecular complexity index is 1070. The Morgan fingerprint density at radius 3 is 2.79 bits per heavy atom. The molecule has 11 heteroatoms. The quantitative estimate of drug-likeness (QED) is 0.360. The number of ether oxygens (including phenoxy) is 1. The minimum absolute atomic E-state index is 0.0928. The van der Waals surface area contributed by atoms with Crippen LogP contribution in [0.15, 0.2) is 40.5 Å². The van der Waals surface area contributed by atoms with Crippen molar-refractivity contribution >= 4 is 36.5 Å². The van der Waals surface area contributed by atoms with Gasteiger partial charge in [-0.1, -0.05) is 29.5 Å². The van der Waals surface area contributed by atoms with Gasteiger partial charge in [0.05, 0.1) is 12.4 Å². The lowest BCUT2D eigenvalue weighted by Gasteiger charge is -2.07. The molecule has 0 spiro atoms. The van der Waals surface area contributed by atoms with Crippen LogP contribution in [0.5, 0.6) is 0 Å². The molecule has 2 atom stereocenters. The van der Waals surface area contributed by atoms with E-state index in [1.54, 1.807) is 6.33 Å². The molecule has 1 aliphatic carbocycles. The Morgan fingerprint density at radius 2 is 2.07 bits per heavy atom. The lowest BCUT2D eigenvalue weighted by atomic mass is 10.2. The third-order valence-electron chi connectivity index (χ3n) is 4.74. The average molecular weight is 435 g/mol. The maximum atomic E-state index is 10.9. The van der Waals surface area contributed by atoms with E-state index in [0.717, 1.165) is 17.7 Å². The van der Waals surface area contributed by atoms with E-state index in [9.17, 15) is 4.57 Å². The van der Waals surface area contributed by atoms with Gasteiger partial charge in [-0.25, -0.2) is 9.97 Å². The highest BCUT2D eigenvalue weighted by molar-refractivity contribution is 7.99. The number of nitrogen functional groups attached to an aromatic ring is 1. The smallest absolute Gasteiger partial charge is 0.350 e. The van der Waals surface area contributed by atoms with Gasteiger partial charge in [-0.2, -0.15) is 4.98 Å². The fourth-order valence-corrected chi connectivity index (χ4v) is 4.37. The predicted octanol–water partition coefficient (Wildman–Crippen LogP) is 2.80. The number of anilines is 1. The maximum absolute atomic E-state index is 10.9. The summed E-state index contributed by atoms with van der Waals surface area (Å²) in [6.07, 6.45) is 2.72. The highest BCUT2D eigenvalue weighted by Gasteiger charge is 2.39. The summed E-state index contributed by atoms with van der Waals surface area (Å²) in [5.74, 6) is 0.475. The number of nitrogens with zero attached hydrogens (tertiary/aromatic N) is 4. The molecule has 1 saturated carbocycles. The Balaban J connectivity index is 1.44. The van der Waals surface area contributed by atoms with Crippen LogP contribution in [0.3, 0.4) is 0 Å². The lowest BCUT2D eigenvalue weighted by Crippen LogP contribution is -2.05. The molecule has 1 fully saturated rings. The molecule has 9 nitrogen and oxygen atoms in total. The van der Waals surface area contributed by atoms with Crippen LogP contribution in [0.2, 0.25) is 0 Å². The van der Waals surface area contributed by atoms with Crippen molar-refractivity contribution in [1.29, 1.82) is 0 Å². The SMILES string of the molecule is Cc1ccc(Sc2nc(N)nc3c2ncn3CCC2CC2OCP(=O)(O)O)cc1. The molecule has 2 unspecified atom stereocenters. The van der Waals surface area contributed by atoms with Crippen LogP contribution in [0.25, 0.3) is 11.2 Å². The molecule has 1 aromatic carbocycles. The number of hydrogen-bond donors (Lipinski definition) is 3. The Morgan fingerprint density at radius 1 is 1.31 bits per heavy atom. The van der Waals surface area contributed by atoms with Crippen LogP contribution in [-0.2, 0) is 15.8 Å². The molecule has 0 amide bonds. The van der Waals surface area contributed by atoms with Crippen molar-refractivity contribution in [2.45, 2.75) is 42.3 Å². The minimum Gasteiger partial charge on any atom is -0.368 e. The lowest BCUT2D eigenvalue weighted by molar-refractivity contribution is 0.130. The van der Waals surface area contributed by atoms with E-state index in [-0.39, 0.29) is 18.0 Å². The van der Waals surface area contributed by atoms with Crippen LogP contribution < -0.4 is 5.73 Å². The first-order valence-corrected chi connectivity index (χ1v) is 11.8. The fourth-order valence-electron chi connectivity index (χ4n) is 3.11. The van der Waals surface area contributed by atoms with Crippen molar-refractivity contribution < 1.29 is 19.1 Å². The molecular formula is C18H22N5O4PS. The Labute approximate surface area is 171 Å². The molecule has 154 valence electrons. The normalized spacial score (nSPS) is 19.0. The van der Waals surface area contributed by atoms with Crippen molar-refractivity contribution in [3.05, 3.63) is 36.2 Å². The standard InChI is InChI=1S/C18H22N5O4PS/c1-11-2-4-13(5-3-11)29-17-15-16(21-18(19)22-17)23(9-20-15)7-6-12-8-14(12)27-10-28(24,25)26/h2-5,9,12,14H,6-8,10H2,1H3,(H2,19,21,22)(H2,24,25,26). The topological polar surface area (TPSA) is 136 Å². The van der Waals surface area contributed by atoms with E-state index in [4.69, 9.17) is 20.3 Å². The molecule has 4 rings (SSSR count). The maximum Gasteiger partial charge on any atom is 0.350 e. The summed E-state index contributed by atoms with van der Waals surface area (Å²) in [5, 5.41) is 0.712. The minimum atomic E-state index is -4.12. The second-order valence-corrected chi connectivity index (χ2v) is 9.85. The summed E-state index contributed by atoms with van der Waals surface area (Å²) in [5.41, 5.74) is 8.50. The number of fused-ring (bicyclic) bond motifs is 1. The molecule has 0 aliphatic heterocycles. The fraction of sp³-hybridized carbons (Fsp3) is 0.389. The molecule has 2 heterocycles. The van der Waals surface area contributed by atoms with Gasteiger partial charge in [-0.15, -0.1) is 0 Å². The third kappa shape index (κ3) is 5.15. The van der Waals surface area contributed by atoms with Gasteiger partial charge in [0.15, 0.2) is 5.65 Å². The number of imidazole rings is 1. The number of aryl methyl sites for hydroxylation is 2. The largest absolute Gasteiger partial charge is 0.368 e. The number of rotatable bonds is 8. The van der Waals surface area contributed by atoms with E-state index in [1.165, 1.54) is 17.3 Å². The molecule has 1 aliphatic rings. The molecule has 0 radical (unpaired) electrons.